The van der Waals surface area contributed by atoms with Crippen LogP contribution in [0.5, 0.6) is 5.75 Å². The Kier molecular flexibility index (Phi) is 3.46. The number of pyridine rings is 1. The van der Waals surface area contributed by atoms with Crippen LogP contribution in [0.2, 0.25) is 5.02 Å². The van der Waals surface area contributed by atoms with Gasteiger partial charge in [0.25, 0.3) is 17.4 Å². The molecule has 3 rings (SSSR count). The Morgan fingerprint density at radius 3 is 2.95 bits per heavy atom. The summed E-state index contributed by atoms with van der Waals surface area (Å²) in [5, 5.41) is 5.71. The summed E-state index contributed by atoms with van der Waals surface area (Å²) < 4.78 is 5.62. The Bertz CT molecular complexity index is 751. The standard InChI is InChI=1S/C15H12ClN3O3/c1-15(13(20)18-10-3-2-6-17-8-10)14(21)19-11-7-9(16)4-5-12(11)22-15/h2-8H,1H3,(H,18,20)(H,19,21)/t15-/m0/s1. The maximum atomic E-state index is 12.4. The molecule has 0 fully saturated rings. The maximum Gasteiger partial charge on any atom is 0.278 e. The topological polar surface area (TPSA) is 80.3 Å². The van der Waals surface area contributed by atoms with Crippen LogP contribution in [0.25, 0.3) is 0 Å². The molecule has 0 saturated heterocycles. The van der Waals surface area contributed by atoms with Crippen molar-refractivity contribution < 1.29 is 14.3 Å². The zero-order valence-electron chi connectivity index (χ0n) is 11.6. The minimum absolute atomic E-state index is 0.382. The van der Waals surface area contributed by atoms with E-state index in [1.165, 1.54) is 13.1 Å². The first-order valence-electron chi connectivity index (χ1n) is 6.50. The van der Waals surface area contributed by atoms with E-state index in [0.29, 0.717) is 22.1 Å². The Morgan fingerprint density at radius 2 is 2.23 bits per heavy atom. The van der Waals surface area contributed by atoms with Gasteiger partial charge in [-0.25, -0.2) is 0 Å². The van der Waals surface area contributed by atoms with Crippen LogP contribution >= 0.6 is 11.6 Å². The summed E-state index contributed by atoms with van der Waals surface area (Å²) in [5.74, 6) is -0.768. The molecule has 6 nitrogen and oxygen atoms in total. The van der Waals surface area contributed by atoms with E-state index in [2.05, 4.69) is 15.6 Å². The lowest BCUT2D eigenvalue weighted by molar-refractivity contribution is -0.143. The van der Waals surface area contributed by atoms with Gasteiger partial charge in [0, 0.05) is 11.2 Å². The zero-order valence-corrected chi connectivity index (χ0v) is 12.3. The van der Waals surface area contributed by atoms with Crippen molar-refractivity contribution in [2.45, 2.75) is 12.5 Å². The molecule has 1 aromatic heterocycles. The van der Waals surface area contributed by atoms with Crippen LogP contribution in [0.3, 0.4) is 0 Å². The number of rotatable bonds is 2. The molecule has 2 aromatic rings. The average molecular weight is 318 g/mol. The molecule has 0 spiro atoms. The van der Waals surface area contributed by atoms with Gasteiger partial charge in [-0.15, -0.1) is 0 Å². The van der Waals surface area contributed by atoms with Crippen molar-refractivity contribution in [3.05, 3.63) is 47.7 Å². The monoisotopic (exact) mass is 317 g/mol. The third kappa shape index (κ3) is 2.48. The Morgan fingerprint density at radius 1 is 1.41 bits per heavy atom. The number of halogens is 1. The van der Waals surface area contributed by atoms with Gasteiger partial charge >= 0.3 is 0 Å². The number of aromatic nitrogens is 1. The van der Waals surface area contributed by atoms with Crippen molar-refractivity contribution in [1.29, 1.82) is 0 Å². The first-order valence-corrected chi connectivity index (χ1v) is 6.88. The van der Waals surface area contributed by atoms with Crippen LogP contribution in [0.4, 0.5) is 11.4 Å². The van der Waals surface area contributed by atoms with Gasteiger partial charge < -0.3 is 15.4 Å². The SMILES string of the molecule is C[C@@]1(C(=O)Nc2cccnc2)Oc2ccc(Cl)cc2NC1=O. The predicted octanol–water partition coefficient (Wildman–Crippen LogP) is 2.46. The number of nitrogens with zero attached hydrogens (tertiary/aromatic N) is 1. The van der Waals surface area contributed by atoms with Crippen LogP contribution in [0.1, 0.15) is 6.92 Å². The van der Waals surface area contributed by atoms with Crippen molar-refractivity contribution in [2.24, 2.45) is 0 Å². The van der Waals surface area contributed by atoms with Gasteiger partial charge in [-0.3, -0.25) is 14.6 Å². The van der Waals surface area contributed by atoms with Crippen LogP contribution in [-0.4, -0.2) is 22.4 Å². The smallest absolute Gasteiger partial charge is 0.278 e. The van der Waals surface area contributed by atoms with Gasteiger partial charge in [-0.05, 0) is 37.3 Å². The molecule has 1 aliphatic rings. The van der Waals surface area contributed by atoms with Crippen molar-refractivity contribution in [3.63, 3.8) is 0 Å². The number of fused-ring (bicyclic) bond motifs is 1. The Balaban J connectivity index is 1.88. The molecule has 0 saturated carbocycles. The van der Waals surface area contributed by atoms with Crippen molar-refractivity contribution in [3.8, 4) is 5.75 Å². The normalized spacial score (nSPS) is 19.6. The summed E-state index contributed by atoms with van der Waals surface area (Å²) in [6, 6.07) is 8.14. The highest BCUT2D eigenvalue weighted by molar-refractivity contribution is 6.31. The lowest BCUT2D eigenvalue weighted by Crippen LogP contribution is -2.56. The van der Waals surface area contributed by atoms with E-state index in [1.807, 2.05) is 0 Å². The summed E-state index contributed by atoms with van der Waals surface area (Å²) in [4.78, 5) is 28.6. The van der Waals surface area contributed by atoms with E-state index >= 15 is 0 Å². The lowest BCUT2D eigenvalue weighted by Gasteiger charge is -2.33. The summed E-state index contributed by atoms with van der Waals surface area (Å²) in [6.07, 6.45) is 3.07. The number of amides is 2. The van der Waals surface area contributed by atoms with Gasteiger partial charge in [0.2, 0.25) is 0 Å². The van der Waals surface area contributed by atoms with Gasteiger partial charge in [-0.2, -0.15) is 0 Å². The number of nitrogens with one attached hydrogen (secondary N) is 2. The second-order valence-electron chi connectivity index (χ2n) is 4.93. The quantitative estimate of drug-likeness (QED) is 0.834. The molecule has 0 aliphatic carbocycles. The van der Waals surface area contributed by atoms with Gasteiger partial charge in [0.15, 0.2) is 0 Å². The van der Waals surface area contributed by atoms with Crippen molar-refractivity contribution >= 4 is 34.8 Å². The zero-order chi connectivity index (χ0) is 15.7. The highest BCUT2D eigenvalue weighted by Crippen LogP contribution is 2.35. The molecule has 7 heteroatoms. The molecule has 22 heavy (non-hydrogen) atoms. The van der Waals surface area contributed by atoms with Crippen molar-refractivity contribution in [2.75, 3.05) is 10.6 Å². The Hall–Kier alpha value is -2.60. The van der Waals surface area contributed by atoms with Crippen molar-refractivity contribution in [1.82, 2.24) is 4.98 Å². The van der Waals surface area contributed by atoms with E-state index < -0.39 is 17.4 Å². The van der Waals surface area contributed by atoms with Crippen LogP contribution in [0.15, 0.2) is 42.7 Å². The fraction of sp³-hybridized carbons (Fsp3) is 0.133. The average Bonchev–Trinajstić information content (AvgIpc) is 2.50. The molecule has 0 radical (unpaired) electrons. The largest absolute Gasteiger partial charge is 0.466 e. The molecular weight excluding hydrogens is 306 g/mol. The van der Waals surface area contributed by atoms with E-state index in [1.54, 1.807) is 36.5 Å². The van der Waals surface area contributed by atoms with Crippen LogP contribution in [0, 0.1) is 0 Å². The van der Waals surface area contributed by atoms with E-state index in [-0.39, 0.29) is 0 Å². The highest BCUT2D eigenvalue weighted by atomic mass is 35.5. The van der Waals surface area contributed by atoms with Gasteiger partial charge in [-0.1, -0.05) is 11.6 Å². The second-order valence-corrected chi connectivity index (χ2v) is 5.36. The molecule has 2 N–H and O–H groups in total. The summed E-state index contributed by atoms with van der Waals surface area (Å²) in [6.45, 7) is 1.41. The van der Waals surface area contributed by atoms with E-state index in [0.717, 1.165) is 0 Å². The minimum atomic E-state index is -1.68. The minimum Gasteiger partial charge on any atom is -0.466 e. The third-order valence-corrected chi connectivity index (χ3v) is 3.52. The van der Waals surface area contributed by atoms with Gasteiger partial charge in [0.05, 0.1) is 17.6 Å². The lowest BCUT2D eigenvalue weighted by atomic mass is 10.0. The molecule has 2 heterocycles. The van der Waals surface area contributed by atoms with Crippen LogP contribution < -0.4 is 15.4 Å². The molecular formula is C15H12ClN3O3. The summed E-state index contributed by atoms with van der Waals surface area (Å²) in [7, 11) is 0. The molecule has 1 aliphatic heterocycles. The first kappa shape index (κ1) is 14.3. The number of carbonyl (C=O) groups excluding carboxylic acids is 2. The maximum absolute atomic E-state index is 12.4. The molecule has 0 unspecified atom stereocenters. The molecule has 1 atom stereocenters. The predicted molar refractivity (Wildman–Crippen MR) is 82.0 cm³/mol. The number of anilines is 2. The fourth-order valence-electron chi connectivity index (χ4n) is 2.03. The number of benzene rings is 1. The molecule has 112 valence electrons. The second kappa shape index (κ2) is 5.31. The summed E-state index contributed by atoms with van der Waals surface area (Å²) >= 11 is 5.87. The van der Waals surface area contributed by atoms with Gasteiger partial charge in [0.1, 0.15) is 5.75 Å². The molecule has 1 aromatic carbocycles. The highest BCUT2D eigenvalue weighted by Gasteiger charge is 2.47. The first-order chi connectivity index (χ1) is 10.5. The number of ether oxygens (including phenoxy) is 1. The summed E-state index contributed by atoms with van der Waals surface area (Å²) in [5.41, 5.74) is -0.771. The molecule has 0 bridgehead atoms. The number of hydrogen-bond donors (Lipinski definition) is 2. The third-order valence-electron chi connectivity index (χ3n) is 3.29. The van der Waals surface area contributed by atoms with E-state index in [4.69, 9.17) is 16.3 Å². The number of hydrogen-bond acceptors (Lipinski definition) is 4. The Labute approximate surface area is 131 Å². The molecule has 2 amide bonds. The fourth-order valence-corrected chi connectivity index (χ4v) is 2.21. The number of carbonyl (C=O) groups is 2. The van der Waals surface area contributed by atoms with E-state index in [9.17, 15) is 9.59 Å². The van der Waals surface area contributed by atoms with Crippen LogP contribution in [-0.2, 0) is 9.59 Å².